The van der Waals surface area contributed by atoms with Crippen molar-refractivity contribution < 1.29 is 0 Å². The maximum Gasteiger partial charge on any atom is -0.00391 e. The molecule has 0 spiro atoms. The van der Waals surface area contributed by atoms with Crippen LogP contribution in [0, 0.1) is 17.8 Å². The minimum absolute atomic E-state index is 0.524. The first-order valence-corrected chi connectivity index (χ1v) is 9.63. The Labute approximate surface area is 145 Å². The zero-order valence-electron chi connectivity index (χ0n) is 14.3. The third-order valence-corrected chi connectivity index (χ3v) is 6.83. The Morgan fingerprint density at radius 1 is 0.625 bits per heavy atom. The van der Waals surface area contributed by atoms with Crippen molar-refractivity contribution in [2.45, 2.75) is 43.9 Å². The molecule has 0 saturated heterocycles. The zero-order valence-corrected chi connectivity index (χ0v) is 14.3. The highest BCUT2D eigenvalue weighted by molar-refractivity contribution is 5.69. The Hall–Kier alpha value is -1.82. The number of benzene rings is 2. The summed E-state index contributed by atoms with van der Waals surface area (Å²) in [4.78, 5) is 0. The lowest BCUT2D eigenvalue weighted by molar-refractivity contribution is -0.00518. The lowest BCUT2D eigenvalue weighted by Gasteiger charge is -2.57. The highest BCUT2D eigenvalue weighted by atomic mass is 14.6. The lowest BCUT2D eigenvalue weighted by atomic mass is 9.48. The van der Waals surface area contributed by atoms with E-state index in [1.165, 1.54) is 49.7 Å². The summed E-state index contributed by atoms with van der Waals surface area (Å²) in [5.41, 5.74) is 4.73. The predicted molar refractivity (Wildman–Crippen MR) is 102 cm³/mol. The van der Waals surface area contributed by atoms with Gasteiger partial charge in [-0.05, 0) is 78.4 Å². The molecule has 2 aromatic rings. The van der Waals surface area contributed by atoms with Crippen molar-refractivity contribution in [3.05, 3.63) is 71.3 Å². The van der Waals surface area contributed by atoms with Gasteiger partial charge in [0.25, 0.3) is 0 Å². The first-order valence-electron chi connectivity index (χ1n) is 9.63. The third-order valence-electron chi connectivity index (χ3n) is 6.83. The molecule has 0 heteroatoms. The molecule has 24 heavy (non-hydrogen) atoms. The molecule has 122 valence electrons. The fourth-order valence-corrected chi connectivity index (χ4v) is 6.17. The summed E-state index contributed by atoms with van der Waals surface area (Å²) in [5, 5.41) is 0. The van der Waals surface area contributed by atoms with Gasteiger partial charge in [0, 0.05) is 0 Å². The second kappa shape index (κ2) is 5.62. The van der Waals surface area contributed by atoms with Gasteiger partial charge in [-0.2, -0.15) is 0 Å². The minimum atomic E-state index is 0.524. The van der Waals surface area contributed by atoms with Gasteiger partial charge >= 0.3 is 0 Å². The standard InChI is InChI=1S/C24H26/c1-2-4-18(5-3-1)6-7-19-8-10-23(11-9-19)24-15-20-12-21(16-24)14-22(13-20)17-24/h1-11,20-22H,12-17H2. The topological polar surface area (TPSA) is 0 Å². The summed E-state index contributed by atoms with van der Waals surface area (Å²) >= 11 is 0. The van der Waals surface area contributed by atoms with Crippen LogP contribution in [0.3, 0.4) is 0 Å². The van der Waals surface area contributed by atoms with Crippen LogP contribution in [0.5, 0.6) is 0 Å². The quantitative estimate of drug-likeness (QED) is 0.581. The van der Waals surface area contributed by atoms with Crippen molar-refractivity contribution in [2.75, 3.05) is 0 Å². The van der Waals surface area contributed by atoms with Crippen molar-refractivity contribution in [1.82, 2.24) is 0 Å². The normalized spacial score (nSPS) is 34.1. The smallest absolute Gasteiger partial charge is 0.00391 e. The molecule has 4 bridgehead atoms. The van der Waals surface area contributed by atoms with Gasteiger partial charge in [0.15, 0.2) is 0 Å². The molecule has 4 fully saturated rings. The summed E-state index contributed by atoms with van der Waals surface area (Å²) in [5.74, 6) is 3.07. The van der Waals surface area contributed by atoms with E-state index in [0.717, 1.165) is 17.8 Å². The molecule has 6 rings (SSSR count). The number of rotatable bonds is 3. The first kappa shape index (κ1) is 14.5. The van der Waals surface area contributed by atoms with Gasteiger partial charge < -0.3 is 0 Å². The molecule has 0 radical (unpaired) electrons. The molecule has 0 atom stereocenters. The van der Waals surface area contributed by atoms with Crippen LogP contribution in [0.25, 0.3) is 12.2 Å². The second-order valence-electron chi connectivity index (χ2n) is 8.56. The second-order valence-corrected chi connectivity index (χ2v) is 8.56. The van der Waals surface area contributed by atoms with Crippen LogP contribution in [-0.2, 0) is 5.41 Å². The summed E-state index contributed by atoms with van der Waals surface area (Å²) in [6, 6.07) is 20.1. The van der Waals surface area contributed by atoms with Crippen LogP contribution in [0.1, 0.15) is 55.2 Å². The molecular weight excluding hydrogens is 288 g/mol. The Balaban J connectivity index is 1.38. The molecule has 0 N–H and O–H groups in total. The molecule has 2 aromatic carbocycles. The molecule has 0 aliphatic heterocycles. The third kappa shape index (κ3) is 2.53. The number of hydrogen-bond acceptors (Lipinski definition) is 0. The average molecular weight is 314 g/mol. The maximum atomic E-state index is 2.43. The van der Waals surface area contributed by atoms with E-state index in [1.807, 2.05) is 0 Å². The largest absolute Gasteiger partial charge is 0.0622 e. The maximum absolute atomic E-state index is 2.43. The molecule has 0 nitrogen and oxygen atoms in total. The predicted octanol–water partition coefficient (Wildman–Crippen LogP) is 6.32. The van der Waals surface area contributed by atoms with E-state index in [1.54, 1.807) is 5.56 Å². The van der Waals surface area contributed by atoms with Crippen molar-refractivity contribution in [2.24, 2.45) is 17.8 Å². The van der Waals surface area contributed by atoms with Gasteiger partial charge in [-0.3, -0.25) is 0 Å². The SMILES string of the molecule is C(=Cc1ccc(C23CC4CC(CC(C4)C2)C3)cc1)c1ccccc1. The fourth-order valence-electron chi connectivity index (χ4n) is 6.17. The first-order chi connectivity index (χ1) is 11.8. The number of hydrogen-bond donors (Lipinski definition) is 0. The van der Waals surface area contributed by atoms with E-state index in [0.29, 0.717) is 5.41 Å². The van der Waals surface area contributed by atoms with Gasteiger partial charge in [0.2, 0.25) is 0 Å². The Bertz CT molecular complexity index is 700. The Kier molecular flexibility index (Phi) is 3.40. The average Bonchev–Trinajstić information content (AvgIpc) is 2.60. The summed E-state index contributed by atoms with van der Waals surface area (Å²) < 4.78 is 0. The van der Waals surface area contributed by atoms with Crippen LogP contribution in [0.2, 0.25) is 0 Å². The molecule has 0 aromatic heterocycles. The molecule has 0 amide bonds. The van der Waals surface area contributed by atoms with E-state index in [2.05, 4.69) is 66.7 Å². The van der Waals surface area contributed by atoms with Gasteiger partial charge in [-0.25, -0.2) is 0 Å². The van der Waals surface area contributed by atoms with Gasteiger partial charge in [-0.1, -0.05) is 66.7 Å². The summed E-state index contributed by atoms with van der Waals surface area (Å²) in [7, 11) is 0. The Morgan fingerprint density at radius 3 is 1.67 bits per heavy atom. The summed E-state index contributed by atoms with van der Waals surface area (Å²) in [6.07, 6.45) is 13.4. The van der Waals surface area contributed by atoms with Crippen LogP contribution in [0.15, 0.2) is 54.6 Å². The van der Waals surface area contributed by atoms with Crippen molar-refractivity contribution in [1.29, 1.82) is 0 Å². The minimum Gasteiger partial charge on any atom is -0.0622 e. The van der Waals surface area contributed by atoms with Crippen LogP contribution in [-0.4, -0.2) is 0 Å². The van der Waals surface area contributed by atoms with E-state index in [4.69, 9.17) is 0 Å². The summed E-state index contributed by atoms with van der Waals surface area (Å²) in [6.45, 7) is 0. The highest BCUT2D eigenvalue weighted by Gasteiger charge is 2.51. The molecule has 4 saturated carbocycles. The lowest BCUT2D eigenvalue weighted by Crippen LogP contribution is -2.48. The fraction of sp³-hybridized carbons (Fsp3) is 0.417. The van der Waals surface area contributed by atoms with Gasteiger partial charge in [0.05, 0.1) is 0 Å². The van der Waals surface area contributed by atoms with E-state index in [-0.39, 0.29) is 0 Å². The molecule has 4 aliphatic carbocycles. The highest BCUT2D eigenvalue weighted by Crippen LogP contribution is 2.60. The molecule has 0 unspecified atom stereocenters. The zero-order chi connectivity index (χ0) is 16.0. The Morgan fingerprint density at radius 2 is 1.12 bits per heavy atom. The van der Waals surface area contributed by atoms with Crippen molar-refractivity contribution in [3.8, 4) is 0 Å². The van der Waals surface area contributed by atoms with E-state index in [9.17, 15) is 0 Å². The van der Waals surface area contributed by atoms with Crippen LogP contribution < -0.4 is 0 Å². The van der Waals surface area contributed by atoms with Crippen molar-refractivity contribution in [3.63, 3.8) is 0 Å². The monoisotopic (exact) mass is 314 g/mol. The van der Waals surface area contributed by atoms with Crippen LogP contribution >= 0.6 is 0 Å². The van der Waals surface area contributed by atoms with Crippen molar-refractivity contribution >= 4 is 12.2 Å². The van der Waals surface area contributed by atoms with Gasteiger partial charge in [-0.15, -0.1) is 0 Å². The molecule has 0 heterocycles. The van der Waals surface area contributed by atoms with Gasteiger partial charge in [0.1, 0.15) is 0 Å². The van der Waals surface area contributed by atoms with E-state index >= 15 is 0 Å². The van der Waals surface area contributed by atoms with Crippen LogP contribution in [0.4, 0.5) is 0 Å². The van der Waals surface area contributed by atoms with E-state index < -0.39 is 0 Å². The molecule has 4 aliphatic rings. The molecular formula is C24H26.